The lowest BCUT2D eigenvalue weighted by molar-refractivity contribution is -0.118. The van der Waals surface area contributed by atoms with Crippen LogP contribution in [0, 0.1) is 12.7 Å². The molecule has 0 bridgehead atoms. The number of methoxy groups -OCH3 is 1. The Morgan fingerprint density at radius 1 is 1.17 bits per heavy atom. The first-order valence-corrected chi connectivity index (χ1v) is 9.25. The van der Waals surface area contributed by atoms with Crippen LogP contribution in [0.15, 0.2) is 36.7 Å². The van der Waals surface area contributed by atoms with E-state index >= 15 is 0 Å². The molecular formula is C21H23FN4O3. The molecule has 3 N–H and O–H groups in total. The minimum absolute atomic E-state index is 0.323. The van der Waals surface area contributed by atoms with Gasteiger partial charge >= 0.3 is 0 Å². The fraction of sp³-hybridized carbons (Fsp3) is 0.286. The molecular weight excluding hydrogens is 375 g/mol. The number of aryl methyl sites for hydroxylation is 1. The predicted octanol–water partition coefficient (Wildman–Crippen LogP) is 3.86. The average Bonchev–Trinajstić information content (AvgIpc) is 2.69. The smallest absolute Gasteiger partial charge is 0.217 e. The van der Waals surface area contributed by atoms with E-state index < -0.39 is 0 Å². The molecule has 0 aliphatic rings. The third kappa shape index (κ3) is 5.10. The van der Waals surface area contributed by atoms with Gasteiger partial charge in [0, 0.05) is 17.9 Å². The summed E-state index contributed by atoms with van der Waals surface area (Å²) in [6.07, 6.45) is 3.08. The van der Waals surface area contributed by atoms with Gasteiger partial charge in [-0.3, -0.25) is 4.79 Å². The number of primary amides is 1. The number of hydrogen-bond acceptors (Lipinski definition) is 6. The number of hydrogen-bond donors (Lipinski definition) is 2. The minimum atomic E-state index is -0.361. The first-order chi connectivity index (χ1) is 14.0. The number of aromatic nitrogens is 2. The SMILES string of the molecule is COc1cc2c(Nc3ccc(C)cc3F)ncnc2cc1OCCCCC(N)=O. The Labute approximate surface area is 168 Å². The van der Waals surface area contributed by atoms with Gasteiger partial charge in [0.05, 0.1) is 24.9 Å². The van der Waals surface area contributed by atoms with Gasteiger partial charge in [-0.1, -0.05) is 6.07 Å². The highest BCUT2D eigenvalue weighted by Crippen LogP contribution is 2.35. The van der Waals surface area contributed by atoms with E-state index in [2.05, 4.69) is 15.3 Å². The summed E-state index contributed by atoms with van der Waals surface area (Å²) in [4.78, 5) is 19.3. The number of fused-ring (bicyclic) bond motifs is 1. The monoisotopic (exact) mass is 398 g/mol. The fourth-order valence-corrected chi connectivity index (χ4v) is 2.87. The van der Waals surface area contributed by atoms with E-state index in [1.807, 2.05) is 13.0 Å². The molecule has 1 amide bonds. The van der Waals surface area contributed by atoms with Gasteiger partial charge in [0.15, 0.2) is 11.5 Å². The van der Waals surface area contributed by atoms with Crippen molar-refractivity contribution in [3.63, 3.8) is 0 Å². The molecule has 2 aromatic carbocycles. The van der Waals surface area contributed by atoms with Gasteiger partial charge in [-0.2, -0.15) is 0 Å². The summed E-state index contributed by atoms with van der Waals surface area (Å²) in [5, 5.41) is 3.69. The lowest BCUT2D eigenvalue weighted by Gasteiger charge is -2.14. The molecule has 0 saturated heterocycles. The van der Waals surface area contributed by atoms with Crippen LogP contribution in [0.2, 0.25) is 0 Å². The van der Waals surface area contributed by atoms with Crippen molar-refractivity contribution >= 4 is 28.3 Å². The molecule has 152 valence electrons. The molecule has 1 heterocycles. The molecule has 0 fully saturated rings. The molecule has 0 aliphatic heterocycles. The van der Waals surface area contributed by atoms with Gasteiger partial charge in [0.1, 0.15) is 18.0 Å². The highest BCUT2D eigenvalue weighted by Gasteiger charge is 2.13. The molecule has 0 spiro atoms. The number of unbranched alkanes of at least 4 members (excludes halogenated alkanes) is 1. The molecule has 3 rings (SSSR count). The minimum Gasteiger partial charge on any atom is -0.493 e. The zero-order chi connectivity index (χ0) is 20.8. The zero-order valence-electron chi connectivity index (χ0n) is 16.4. The molecule has 1 aromatic heterocycles. The molecule has 0 saturated carbocycles. The first kappa shape index (κ1) is 20.3. The van der Waals surface area contributed by atoms with Crippen LogP contribution in [0.25, 0.3) is 10.9 Å². The highest BCUT2D eigenvalue weighted by atomic mass is 19.1. The molecule has 0 unspecified atom stereocenters. The van der Waals surface area contributed by atoms with Crippen LogP contribution < -0.4 is 20.5 Å². The number of carbonyl (C=O) groups excluding carboxylic acids is 1. The Balaban J connectivity index is 1.83. The van der Waals surface area contributed by atoms with Crippen molar-refractivity contribution in [3.8, 4) is 11.5 Å². The van der Waals surface area contributed by atoms with E-state index in [1.165, 1.54) is 19.5 Å². The average molecular weight is 398 g/mol. The largest absolute Gasteiger partial charge is 0.493 e. The van der Waals surface area contributed by atoms with E-state index in [4.69, 9.17) is 15.2 Å². The molecule has 3 aromatic rings. The molecule has 0 radical (unpaired) electrons. The van der Waals surface area contributed by atoms with Crippen LogP contribution in [-0.4, -0.2) is 29.6 Å². The summed E-state index contributed by atoms with van der Waals surface area (Å²) in [5.41, 5.74) is 6.92. The lowest BCUT2D eigenvalue weighted by Crippen LogP contribution is -2.10. The number of carbonyl (C=O) groups is 1. The van der Waals surface area contributed by atoms with E-state index in [9.17, 15) is 9.18 Å². The van der Waals surface area contributed by atoms with E-state index in [0.717, 1.165) is 5.56 Å². The standard InChI is InChI=1S/C21H23FN4O3/c1-13-6-7-16(15(22)9-13)26-21-14-10-18(28-2)19(11-17(14)24-12-25-21)29-8-4-3-5-20(23)27/h6-7,9-12H,3-5,8H2,1-2H3,(H2,23,27)(H,24,25,26). The fourth-order valence-electron chi connectivity index (χ4n) is 2.87. The van der Waals surface area contributed by atoms with Gasteiger partial charge in [-0.15, -0.1) is 0 Å². The molecule has 7 nitrogen and oxygen atoms in total. The topological polar surface area (TPSA) is 99.4 Å². The number of nitrogens with zero attached hydrogens (tertiary/aromatic N) is 2. The number of amides is 1. The molecule has 0 aliphatic carbocycles. The van der Waals surface area contributed by atoms with Gasteiger partial charge < -0.3 is 20.5 Å². The second-order valence-electron chi connectivity index (χ2n) is 6.62. The van der Waals surface area contributed by atoms with Crippen molar-refractivity contribution in [1.29, 1.82) is 0 Å². The van der Waals surface area contributed by atoms with Crippen molar-refractivity contribution < 1.29 is 18.7 Å². The Bertz CT molecular complexity index is 1030. The predicted molar refractivity (Wildman–Crippen MR) is 109 cm³/mol. The van der Waals surface area contributed by atoms with Crippen molar-refractivity contribution in [2.24, 2.45) is 5.73 Å². The Hall–Kier alpha value is -3.42. The van der Waals surface area contributed by atoms with E-state index in [1.54, 1.807) is 18.2 Å². The van der Waals surface area contributed by atoms with Gasteiger partial charge in [-0.05, 0) is 43.5 Å². The number of rotatable bonds is 9. The number of halogens is 1. The number of anilines is 2. The quantitative estimate of drug-likeness (QED) is 0.531. The van der Waals surface area contributed by atoms with E-state index in [0.29, 0.717) is 59.8 Å². The van der Waals surface area contributed by atoms with E-state index in [-0.39, 0.29) is 11.7 Å². The summed E-state index contributed by atoms with van der Waals surface area (Å²) in [6, 6.07) is 8.44. The maximum Gasteiger partial charge on any atom is 0.217 e. The van der Waals surface area contributed by atoms with Crippen molar-refractivity contribution in [1.82, 2.24) is 9.97 Å². The highest BCUT2D eigenvalue weighted by molar-refractivity contribution is 5.93. The Morgan fingerprint density at radius 2 is 2.00 bits per heavy atom. The van der Waals surface area contributed by atoms with Gasteiger partial charge in [0.2, 0.25) is 5.91 Å². The first-order valence-electron chi connectivity index (χ1n) is 9.25. The third-order valence-corrected chi connectivity index (χ3v) is 4.37. The maximum atomic E-state index is 14.2. The normalized spacial score (nSPS) is 10.7. The number of nitrogens with one attached hydrogen (secondary N) is 1. The Kier molecular flexibility index (Phi) is 6.43. The van der Waals surface area contributed by atoms with Crippen molar-refractivity contribution in [2.45, 2.75) is 26.2 Å². The summed E-state index contributed by atoms with van der Waals surface area (Å²) >= 11 is 0. The number of nitrogens with two attached hydrogens (primary N) is 1. The Morgan fingerprint density at radius 3 is 2.72 bits per heavy atom. The van der Waals surface area contributed by atoms with Gasteiger partial charge in [-0.25, -0.2) is 14.4 Å². The summed E-state index contributed by atoms with van der Waals surface area (Å²) in [7, 11) is 1.54. The van der Waals surface area contributed by atoms with Crippen LogP contribution in [0.3, 0.4) is 0 Å². The van der Waals surface area contributed by atoms with Crippen LogP contribution in [-0.2, 0) is 4.79 Å². The van der Waals surface area contributed by atoms with Crippen LogP contribution in [0.1, 0.15) is 24.8 Å². The molecule has 8 heteroatoms. The second-order valence-corrected chi connectivity index (χ2v) is 6.62. The van der Waals surface area contributed by atoms with Crippen molar-refractivity contribution in [2.75, 3.05) is 19.0 Å². The molecule has 29 heavy (non-hydrogen) atoms. The third-order valence-electron chi connectivity index (χ3n) is 4.37. The summed E-state index contributed by atoms with van der Waals surface area (Å²) in [5.74, 6) is 0.818. The number of benzene rings is 2. The summed E-state index contributed by atoms with van der Waals surface area (Å²) < 4.78 is 25.4. The van der Waals surface area contributed by atoms with Crippen LogP contribution >= 0.6 is 0 Å². The maximum absolute atomic E-state index is 14.2. The summed E-state index contributed by atoms with van der Waals surface area (Å²) in [6.45, 7) is 2.24. The lowest BCUT2D eigenvalue weighted by atomic mass is 10.2. The zero-order valence-corrected chi connectivity index (χ0v) is 16.4. The molecule has 0 atom stereocenters. The second kappa shape index (κ2) is 9.18. The number of ether oxygens (including phenoxy) is 2. The van der Waals surface area contributed by atoms with Gasteiger partial charge in [0.25, 0.3) is 0 Å². The van der Waals surface area contributed by atoms with Crippen LogP contribution in [0.4, 0.5) is 15.9 Å². The van der Waals surface area contributed by atoms with Crippen molar-refractivity contribution in [3.05, 3.63) is 48.0 Å². The van der Waals surface area contributed by atoms with Crippen LogP contribution in [0.5, 0.6) is 11.5 Å².